The standard InChI is InChI=1S/C22H28F4.C2H6/c1-13-11-17-12-18(22(25,26)19(17)21(24)20(13)23)16-9-7-15(8-10-16)14-5-3-2-4-6-14;1-2/h11,14-16,18H,2-10,12H2,1H3;1-2H3. The van der Waals surface area contributed by atoms with E-state index in [2.05, 4.69) is 0 Å². The van der Waals surface area contributed by atoms with Crippen molar-refractivity contribution in [3.8, 4) is 0 Å². The van der Waals surface area contributed by atoms with Crippen molar-refractivity contribution in [2.75, 3.05) is 0 Å². The Morgan fingerprint density at radius 2 is 1.32 bits per heavy atom. The van der Waals surface area contributed by atoms with Gasteiger partial charge in [-0.2, -0.15) is 0 Å². The van der Waals surface area contributed by atoms with Crippen molar-refractivity contribution in [2.24, 2.45) is 23.7 Å². The number of fused-ring (bicyclic) bond motifs is 1. The number of rotatable bonds is 2. The molecule has 2 saturated carbocycles. The molecule has 0 N–H and O–H groups in total. The highest BCUT2D eigenvalue weighted by Crippen LogP contribution is 2.54. The van der Waals surface area contributed by atoms with Gasteiger partial charge in [-0.15, -0.1) is 0 Å². The molecule has 0 amide bonds. The fourth-order valence-corrected chi connectivity index (χ4v) is 5.98. The summed E-state index contributed by atoms with van der Waals surface area (Å²) in [4.78, 5) is 0. The maximum Gasteiger partial charge on any atom is 0.279 e. The minimum atomic E-state index is -3.25. The highest BCUT2D eigenvalue weighted by molar-refractivity contribution is 5.42. The van der Waals surface area contributed by atoms with Crippen LogP contribution in [0.25, 0.3) is 0 Å². The van der Waals surface area contributed by atoms with E-state index in [4.69, 9.17) is 0 Å². The zero-order chi connectivity index (χ0) is 20.5. The molecule has 0 nitrogen and oxygen atoms in total. The lowest BCUT2D eigenvalue weighted by Gasteiger charge is -2.39. The molecule has 0 saturated heterocycles. The smallest absolute Gasteiger partial charge is 0.203 e. The predicted octanol–water partition coefficient (Wildman–Crippen LogP) is 7.95. The molecule has 3 aliphatic rings. The number of halogens is 4. The van der Waals surface area contributed by atoms with Crippen LogP contribution in [0.4, 0.5) is 17.6 Å². The Bertz CT molecular complexity index is 668. The van der Waals surface area contributed by atoms with E-state index in [-0.39, 0.29) is 17.9 Å². The van der Waals surface area contributed by atoms with Gasteiger partial charge in [-0.25, -0.2) is 17.6 Å². The van der Waals surface area contributed by atoms with Crippen molar-refractivity contribution in [3.05, 3.63) is 34.4 Å². The molecule has 1 aromatic rings. The average Bonchev–Trinajstić information content (AvgIpc) is 2.98. The third kappa shape index (κ3) is 3.85. The molecule has 4 rings (SSSR count). The summed E-state index contributed by atoms with van der Waals surface area (Å²) in [5.74, 6) is -5.20. The zero-order valence-corrected chi connectivity index (χ0v) is 17.5. The summed E-state index contributed by atoms with van der Waals surface area (Å²) < 4.78 is 58.1. The average molecular weight is 399 g/mol. The largest absolute Gasteiger partial charge is 0.279 e. The van der Waals surface area contributed by atoms with Crippen LogP contribution in [0, 0.1) is 42.2 Å². The van der Waals surface area contributed by atoms with Crippen molar-refractivity contribution >= 4 is 0 Å². The molecule has 2 fully saturated rings. The van der Waals surface area contributed by atoms with E-state index in [1.807, 2.05) is 13.8 Å². The van der Waals surface area contributed by atoms with E-state index in [0.29, 0.717) is 11.5 Å². The normalized spacial score (nSPS) is 29.8. The predicted molar refractivity (Wildman–Crippen MR) is 106 cm³/mol. The fourth-order valence-electron chi connectivity index (χ4n) is 5.98. The van der Waals surface area contributed by atoms with E-state index in [1.165, 1.54) is 45.1 Å². The van der Waals surface area contributed by atoms with E-state index in [9.17, 15) is 8.78 Å². The molecule has 0 aromatic heterocycles. The first kappa shape index (κ1) is 21.6. The molecular weight excluding hydrogens is 364 g/mol. The molecule has 0 radical (unpaired) electrons. The third-order valence-electron chi connectivity index (χ3n) is 7.41. The molecule has 28 heavy (non-hydrogen) atoms. The first-order valence-electron chi connectivity index (χ1n) is 11.2. The summed E-state index contributed by atoms with van der Waals surface area (Å²) in [5.41, 5.74) is -0.232. The van der Waals surface area contributed by atoms with Gasteiger partial charge in [0.1, 0.15) is 0 Å². The number of alkyl halides is 2. The highest BCUT2D eigenvalue weighted by atomic mass is 19.3. The van der Waals surface area contributed by atoms with Crippen LogP contribution in [-0.4, -0.2) is 0 Å². The van der Waals surface area contributed by atoms with Crippen molar-refractivity contribution < 1.29 is 17.6 Å². The van der Waals surface area contributed by atoms with Crippen molar-refractivity contribution in [1.82, 2.24) is 0 Å². The van der Waals surface area contributed by atoms with Crippen LogP contribution >= 0.6 is 0 Å². The third-order valence-corrected chi connectivity index (χ3v) is 7.41. The van der Waals surface area contributed by atoms with E-state index >= 15 is 8.78 Å². The molecule has 4 heteroatoms. The van der Waals surface area contributed by atoms with Crippen LogP contribution in [-0.2, 0) is 12.3 Å². The van der Waals surface area contributed by atoms with Crippen LogP contribution < -0.4 is 0 Å². The summed E-state index contributed by atoms with van der Waals surface area (Å²) >= 11 is 0. The van der Waals surface area contributed by atoms with E-state index < -0.39 is 29.0 Å². The van der Waals surface area contributed by atoms with Gasteiger partial charge in [0.2, 0.25) is 0 Å². The molecule has 0 aliphatic heterocycles. The van der Waals surface area contributed by atoms with Gasteiger partial charge in [0.25, 0.3) is 5.92 Å². The highest BCUT2D eigenvalue weighted by Gasteiger charge is 2.54. The molecule has 1 atom stereocenters. The quantitative estimate of drug-likeness (QED) is 0.443. The Hall–Kier alpha value is -1.06. The number of hydrogen-bond acceptors (Lipinski definition) is 0. The SMILES string of the molecule is CC.Cc1cc2c(c(F)c1F)C(F)(F)C(C1CCC(C3CCCCC3)CC1)C2. The van der Waals surface area contributed by atoms with Crippen LogP contribution in [0.5, 0.6) is 0 Å². The second-order valence-electron chi connectivity index (χ2n) is 8.86. The van der Waals surface area contributed by atoms with Gasteiger partial charge in [0, 0.05) is 5.92 Å². The summed E-state index contributed by atoms with van der Waals surface area (Å²) in [5, 5.41) is 0. The Morgan fingerprint density at radius 1 is 0.786 bits per heavy atom. The van der Waals surface area contributed by atoms with Crippen LogP contribution in [0.15, 0.2) is 6.07 Å². The fraction of sp³-hybridized carbons (Fsp3) is 0.750. The summed E-state index contributed by atoms with van der Waals surface area (Å²) in [7, 11) is 0. The van der Waals surface area contributed by atoms with Gasteiger partial charge in [-0.05, 0) is 67.9 Å². The van der Waals surface area contributed by atoms with Crippen molar-refractivity contribution in [3.63, 3.8) is 0 Å². The van der Waals surface area contributed by atoms with Crippen LogP contribution in [0.3, 0.4) is 0 Å². The van der Waals surface area contributed by atoms with Crippen LogP contribution in [0.2, 0.25) is 0 Å². The lowest BCUT2D eigenvalue weighted by Crippen LogP contribution is -2.33. The minimum absolute atomic E-state index is 0.0833. The lowest BCUT2D eigenvalue weighted by atomic mass is 9.68. The molecule has 158 valence electrons. The first-order valence-corrected chi connectivity index (χ1v) is 11.2. The molecule has 1 unspecified atom stereocenters. The Balaban J connectivity index is 0.00000109. The van der Waals surface area contributed by atoms with Gasteiger partial charge >= 0.3 is 0 Å². The Kier molecular flexibility index (Phi) is 6.76. The first-order chi connectivity index (χ1) is 13.4. The lowest BCUT2D eigenvalue weighted by molar-refractivity contribution is -0.0855. The van der Waals surface area contributed by atoms with Crippen LogP contribution in [0.1, 0.15) is 88.3 Å². The van der Waals surface area contributed by atoms with Gasteiger partial charge in [-0.1, -0.05) is 52.0 Å². The number of hydrogen-bond donors (Lipinski definition) is 0. The van der Waals surface area contributed by atoms with Crippen molar-refractivity contribution in [1.29, 1.82) is 0 Å². The molecule has 3 aliphatic carbocycles. The zero-order valence-electron chi connectivity index (χ0n) is 17.5. The Morgan fingerprint density at radius 3 is 1.93 bits per heavy atom. The number of benzene rings is 1. The topological polar surface area (TPSA) is 0 Å². The Labute approximate surface area is 167 Å². The van der Waals surface area contributed by atoms with Gasteiger partial charge in [0.15, 0.2) is 11.6 Å². The van der Waals surface area contributed by atoms with Gasteiger partial charge in [0.05, 0.1) is 5.56 Å². The monoisotopic (exact) mass is 398 g/mol. The number of aryl methyl sites for hydroxylation is 1. The van der Waals surface area contributed by atoms with E-state index in [1.54, 1.807) is 0 Å². The van der Waals surface area contributed by atoms with Gasteiger partial charge < -0.3 is 0 Å². The minimum Gasteiger partial charge on any atom is -0.203 e. The van der Waals surface area contributed by atoms with Gasteiger partial charge in [-0.3, -0.25) is 0 Å². The summed E-state index contributed by atoms with van der Waals surface area (Å²) in [6.45, 7) is 5.44. The molecule has 0 heterocycles. The van der Waals surface area contributed by atoms with Crippen molar-refractivity contribution in [2.45, 2.75) is 90.9 Å². The summed E-state index contributed by atoms with van der Waals surface area (Å²) in [6, 6.07) is 1.43. The molecule has 1 aromatic carbocycles. The maximum absolute atomic E-state index is 15.0. The van der Waals surface area contributed by atoms with E-state index in [0.717, 1.165) is 31.6 Å². The second-order valence-corrected chi connectivity index (χ2v) is 8.86. The molecular formula is C24H34F4. The molecule has 0 bridgehead atoms. The second kappa shape index (κ2) is 8.75. The molecule has 0 spiro atoms. The summed E-state index contributed by atoms with van der Waals surface area (Å²) in [6.07, 6.45) is 10.4. The maximum atomic E-state index is 15.0.